The summed E-state index contributed by atoms with van der Waals surface area (Å²) in [5.74, 6) is 0.310. The predicted octanol–water partition coefficient (Wildman–Crippen LogP) is 2.72. The molecule has 0 unspecified atom stereocenters. The number of rotatable bonds is 2. The highest BCUT2D eigenvalue weighted by atomic mass is 16.3. The Balaban J connectivity index is 2.55. The lowest BCUT2D eigenvalue weighted by Gasteiger charge is -2.38. The molecule has 16 heavy (non-hydrogen) atoms. The van der Waals surface area contributed by atoms with Gasteiger partial charge < -0.3 is 5.11 Å². The topological polar surface area (TPSA) is 49.7 Å². The Bertz CT molecular complexity index is 469. The number of phenols is 1. The molecule has 2 rings (SSSR count). The Morgan fingerprint density at radius 1 is 1.38 bits per heavy atom. The third-order valence-corrected chi connectivity index (χ3v) is 3.57. The van der Waals surface area contributed by atoms with Crippen LogP contribution >= 0.6 is 0 Å². The van der Waals surface area contributed by atoms with Crippen molar-refractivity contribution in [3.63, 3.8) is 0 Å². The van der Waals surface area contributed by atoms with Gasteiger partial charge in [-0.1, -0.05) is 12.1 Å². The van der Waals surface area contributed by atoms with Crippen LogP contribution in [0, 0.1) is 13.8 Å². The standard InChI is InChI=1S/C13H15NO2/c1-9-4-5-11(10(2)12(9)16)13(14-8-15)6-3-7-13/h4-5,16H,3,6-7H2,1-2H3. The Kier molecular flexibility index (Phi) is 2.56. The predicted molar refractivity (Wildman–Crippen MR) is 61.2 cm³/mol. The molecule has 0 spiro atoms. The lowest BCUT2D eigenvalue weighted by Crippen LogP contribution is -2.32. The average molecular weight is 217 g/mol. The average Bonchev–Trinajstić information content (AvgIpc) is 2.21. The highest BCUT2D eigenvalue weighted by Gasteiger charge is 2.40. The molecule has 0 heterocycles. The fraction of sp³-hybridized carbons (Fsp3) is 0.462. The number of phenolic OH excluding ortho intramolecular Hbond substituents is 1. The Morgan fingerprint density at radius 2 is 2.06 bits per heavy atom. The number of hydrogen-bond donors (Lipinski definition) is 1. The number of carbonyl (C=O) groups excluding carboxylic acids is 1. The van der Waals surface area contributed by atoms with Gasteiger partial charge in [-0.2, -0.15) is 4.99 Å². The van der Waals surface area contributed by atoms with Crippen molar-refractivity contribution in [1.82, 2.24) is 0 Å². The number of hydrogen-bond acceptors (Lipinski definition) is 3. The van der Waals surface area contributed by atoms with E-state index >= 15 is 0 Å². The lowest BCUT2D eigenvalue weighted by atomic mass is 9.71. The van der Waals surface area contributed by atoms with Gasteiger partial charge in [0, 0.05) is 0 Å². The highest BCUT2D eigenvalue weighted by Crippen LogP contribution is 2.47. The van der Waals surface area contributed by atoms with Gasteiger partial charge in [-0.15, -0.1) is 0 Å². The molecule has 0 atom stereocenters. The normalized spacial score (nSPS) is 17.4. The Morgan fingerprint density at radius 3 is 2.56 bits per heavy atom. The molecule has 0 aliphatic heterocycles. The van der Waals surface area contributed by atoms with E-state index in [-0.39, 0.29) is 0 Å². The van der Waals surface area contributed by atoms with Crippen molar-refractivity contribution in [1.29, 1.82) is 0 Å². The van der Waals surface area contributed by atoms with Crippen LogP contribution in [0.5, 0.6) is 5.75 Å². The van der Waals surface area contributed by atoms with Gasteiger partial charge >= 0.3 is 0 Å². The van der Waals surface area contributed by atoms with Crippen molar-refractivity contribution in [3.8, 4) is 5.75 Å². The number of aromatic hydroxyl groups is 1. The summed E-state index contributed by atoms with van der Waals surface area (Å²) < 4.78 is 0. The van der Waals surface area contributed by atoms with Crippen molar-refractivity contribution < 1.29 is 9.90 Å². The van der Waals surface area contributed by atoms with Crippen molar-refractivity contribution >= 4 is 6.08 Å². The highest BCUT2D eigenvalue weighted by molar-refractivity contribution is 5.49. The van der Waals surface area contributed by atoms with Crippen LogP contribution < -0.4 is 0 Å². The molecule has 1 aliphatic rings. The van der Waals surface area contributed by atoms with E-state index in [1.807, 2.05) is 26.0 Å². The van der Waals surface area contributed by atoms with E-state index in [2.05, 4.69) is 4.99 Å². The van der Waals surface area contributed by atoms with Gasteiger partial charge in [0.05, 0.1) is 5.54 Å². The zero-order valence-corrected chi connectivity index (χ0v) is 9.58. The minimum absolute atomic E-state index is 0.310. The first-order chi connectivity index (χ1) is 7.60. The molecule has 0 amide bonds. The summed E-state index contributed by atoms with van der Waals surface area (Å²) in [5.41, 5.74) is 2.23. The zero-order chi connectivity index (χ0) is 11.8. The maximum absolute atomic E-state index is 10.5. The quantitative estimate of drug-likeness (QED) is 0.611. The monoisotopic (exact) mass is 217 g/mol. The van der Waals surface area contributed by atoms with Crippen molar-refractivity contribution in [3.05, 3.63) is 28.8 Å². The molecule has 1 fully saturated rings. The minimum Gasteiger partial charge on any atom is -0.507 e. The van der Waals surface area contributed by atoms with Crippen LogP contribution in [-0.4, -0.2) is 11.2 Å². The summed E-state index contributed by atoms with van der Waals surface area (Å²) in [6.45, 7) is 3.74. The van der Waals surface area contributed by atoms with E-state index in [9.17, 15) is 9.90 Å². The van der Waals surface area contributed by atoms with E-state index in [1.165, 1.54) is 0 Å². The van der Waals surface area contributed by atoms with Gasteiger partial charge in [-0.3, -0.25) is 0 Å². The molecule has 1 aromatic rings. The SMILES string of the molecule is Cc1ccc(C2(N=C=O)CCC2)c(C)c1O. The van der Waals surface area contributed by atoms with E-state index in [1.54, 1.807) is 6.08 Å². The largest absolute Gasteiger partial charge is 0.507 e. The summed E-state index contributed by atoms with van der Waals surface area (Å²) in [7, 11) is 0. The van der Waals surface area contributed by atoms with Crippen LogP contribution in [-0.2, 0) is 10.3 Å². The smallest absolute Gasteiger partial charge is 0.235 e. The first kappa shape index (κ1) is 10.9. The minimum atomic E-state index is -0.420. The fourth-order valence-electron chi connectivity index (χ4n) is 2.38. The molecule has 0 saturated heterocycles. The molecular formula is C13H15NO2. The number of benzene rings is 1. The van der Waals surface area contributed by atoms with E-state index < -0.39 is 5.54 Å². The van der Waals surface area contributed by atoms with Crippen molar-refractivity contribution in [2.75, 3.05) is 0 Å². The Labute approximate surface area is 94.8 Å². The first-order valence-electron chi connectivity index (χ1n) is 5.49. The maximum atomic E-state index is 10.5. The summed E-state index contributed by atoms with van der Waals surface area (Å²) in [6, 6.07) is 3.84. The molecule has 3 heteroatoms. The van der Waals surface area contributed by atoms with Gasteiger partial charge in [0.1, 0.15) is 5.75 Å². The molecule has 1 aromatic carbocycles. The molecule has 1 N–H and O–H groups in total. The maximum Gasteiger partial charge on any atom is 0.235 e. The molecule has 1 saturated carbocycles. The lowest BCUT2D eigenvalue weighted by molar-refractivity contribution is 0.253. The van der Waals surface area contributed by atoms with Crippen LogP contribution in [0.4, 0.5) is 0 Å². The summed E-state index contributed by atoms with van der Waals surface area (Å²) in [5, 5.41) is 9.90. The third-order valence-electron chi connectivity index (χ3n) is 3.57. The van der Waals surface area contributed by atoms with E-state index in [0.29, 0.717) is 5.75 Å². The molecule has 0 radical (unpaired) electrons. The second-order valence-corrected chi connectivity index (χ2v) is 4.49. The Hall–Kier alpha value is -1.60. The number of aryl methyl sites for hydroxylation is 1. The number of aliphatic imine (C=N–C) groups is 1. The van der Waals surface area contributed by atoms with Gasteiger partial charge in [-0.25, -0.2) is 4.79 Å². The van der Waals surface area contributed by atoms with Crippen LogP contribution in [0.2, 0.25) is 0 Å². The molecule has 1 aliphatic carbocycles. The summed E-state index contributed by atoms with van der Waals surface area (Å²) in [4.78, 5) is 14.4. The number of isocyanates is 1. The molecule has 0 bridgehead atoms. The van der Waals surface area contributed by atoms with Crippen LogP contribution in [0.1, 0.15) is 36.0 Å². The molecule has 0 aromatic heterocycles. The fourth-order valence-corrected chi connectivity index (χ4v) is 2.38. The molecule has 3 nitrogen and oxygen atoms in total. The first-order valence-corrected chi connectivity index (χ1v) is 5.49. The summed E-state index contributed by atoms with van der Waals surface area (Å²) in [6.07, 6.45) is 4.47. The van der Waals surface area contributed by atoms with Crippen molar-refractivity contribution in [2.45, 2.75) is 38.6 Å². The van der Waals surface area contributed by atoms with Gasteiger partial charge in [0.15, 0.2) is 0 Å². The van der Waals surface area contributed by atoms with Crippen LogP contribution in [0.25, 0.3) is 0 Å². The molecule has 84 valence electrons. The third kappa shape index (κ3) is 1.44. The van der Waals surface area contributed by atoms with Crippen LogP contribution in [0.3, 0.4) is 0 Å². The number of nitrogens with zero attached hydrogens (tertiary/aromatic N) is 1. The van der Waals surface area contributed by atoms with E-state index in [0.717, 1.165) is 36.0 Å². The second kappa shape index (κ2) is 3.76. The van der Waals surface area contributed by atoms with Crippen LogP contribution in [0.15, 0.2) is 17.1 Å². The van der Waals surface area contributed by atoms with Gasteiger partial charge in [0.25, 0.3) is 0 Å². The van der Waals surface area contributed by atoms with Gasteiger partial charge in [0.2, 0.25) is 6.08 Å². The van der Waals surface area contributed by atoms with Gasteiger partial charge in [-0.05, 0) is 49.8 Å². The second-order valence-electron chi connectivity index (χ2n) is 4.49. The summed E-state index contributed by atoms with van der Waals surface area (Å²) >= 11 is 0. The molecular weight excluding hydrogens is 202 g/mol. The van der Waals surface area contributed by atoms with E-state index in [4.69, 9.17) is 0 Å². The zero-order valence-electron chi connectivity index (χ0n) is 9.58. The van der Waals surface area contributed by atoms with Crippen molar-refractivity contribution in [2.24, 2.45) is 4.99 Å².